The standard InChI is InChI=1S/C21H17N3O/c25-21-12-11-18(16-24(21)20-9-5-2-6-10-20)19-13-22-23(15-19)14-17-7-3-1-4-8-17/h1-13,15-16H,14H2. The van der Waals surface area contributed by atoms with Crippen LogP contribution in [0.3, 0.4) is 0 Å². The Labute approximate surface area is 145 Å². The molecule has 2 heterocycles. The Bertz CT molecular complexity index is 1030. The van der Waals surface area contributed by atoms with E-state index in [0.29, 0.717) is 0 Å². The van der Waals surface area contributed by atoms with Gasteiger partial charge in [-0.05, 0) is 23.8 Å². The zero-order valence-corrected chi connectivity index (χ0v) is 13.6. The van der Waals surface area contributed by atoms with Crippen molar-refractivity contribution in [2.45, 2.75) is 6.54 Å². The van der Waals surface area contributed by atoms with Crippen LogP contribution in [0.5, 0.6) is 0 Å². The van der Waals surface area contributed by atoms with Crippen LogP contribution < -0.4 is 5.56 Å². The van der Waals surface area contributed by atoms with Gasteiger partial charge in [0, 0.05) is 35.3 Å². The molecule has 0 saturated heterocycles. The number of nitrogens with zero attached hydrogens (tertiary/aromatic N) is 3. The maximum atomic E-state index is 12.2. The van der Waals surface area contributed by atoms with Crippen LogP contribution in [0.25, 0.3) is 16.8 Å². The van der Waals surface area contributed by atoms with Crippen molar-refractivity contribution in [3.8, 4) is 16.8 Å². The number of hydrogen-bond donors (Lipinski definition) is 0. The van der Waals surface area contributed by atoms with E-state index in [4.69, 9.17) is 0 Å². The fourth-order valence-corrected chi connectivity index (χ4v) is 2.82. The topological polar surface area (TPSA) is 39.8 Å². The summed E-state index contributed by atoms with van der Waals surface area (Å²) in [5.41, 5.74) is 3.95. The molecule has 0 spiro atoms. The zero-order chi connectivity index (χ0) is 17.1. The first-order valence-electron chi connectivity index (χ1n) is 8.14. The van der Waals surface area contributed by atoms with Crippen molar-refractivity contribution in [1.29, 1.82) is 0 Å². The predicted octanol–water partition coefficient (Wildman–Crippen LogP) is 3.75. The monoisotopic (exact) mass is 327 g/mol. The molecule has 4 aromatic rings. The zero-order valence-electron chi connectivity index (χ0n) is 13.6. The summed E-state index contributed by atoms with van der Waals surface area (Å²) in [6.07, 6.45) is 5.70. The highest BCUT2D eigenvalue weighted by Gasteiger charge is 2.06. The fourth-order valence-electron chi connectivity index (χ4n) is 2.82. The molecule has 0 bridgehead atoms. The first-order valence-corrected chi connectivity index (χ1v) is 8.14. The summed E-state index contributed by atoms with van der Waals surface area (Å²) < 4.78 is 3.56. The smallest absolute Gasteiger partial charge is 0.255 e. The van der Waals surface area contributed by atoms with E-state index in [-0.39, 0.29) is 5.56 Å². The van der Waals surface area contributed by atoms with E-state index in [9.17, 15) is 4.79 Å². The Morgan fingerprint density at radius 3 is 2.24 bits per heavy atom. The van der Waals surface area contributed by atoms with Gasteiger partial charge in [-0.2, -0.15) is 5.10 Å². The molecule has 0 unspecified atom stereocenters. The van der Waals surface area contributed by atoms with Gasteiger partial charge in [0.25, 0.3) is 5.56 Å². The molecular weight excluding hydrogens is 310 g/mol. The molecule has 0 aliphatic heterocycles. The number of hydrogen-bond acceptors (Lipinski definition) is 2. The highest BCUT2D eigenvalue weighted by atomic mass is 16.1. The normalized spacial score (nSPS) is 10.7. The van der Waals surface area contributed by atoms with Gasteiger partial charge >= 0.3 is 0 Å². The molecule has 0 N–H and O–H groups in total. The van der Waals surface area contributed by atoms with E-state index in [0.717, 1.165) is 23.4 Å². The Hall–Kier alpha value is -3.40. The maximum absolute atomic E-state index is 12.2. The van der Waals surface area contributed by atoms with E-state index >= 15 is 0 Å². The molecule has 4 nitrogen and oxygen atoms in total. The molecule has 0 amide bonds. The van der Waals surface area contributed by atoms with E-state index in [1.165, 1.54) is 5.56 Å². The van der Waals surface area contributed by atoms with Gasteiger partial charge in [-0.1, -0.05) is 48.5 Å². The quantitative estimate of drug-likeness (QED) is 0.573. The molecule has 0 atom stereocenters. The average Bonchev–Trinajstić information content (AvgIpc) is 3.12. The van der Waals surface area contributed by atoms with E-state index < -0.39 is 0 Å². The molecule has 122 valence electrons. The third-order valence-corrected chi connectivity index (χ3v) is 4.10. The second-order valence-corrected chi connectivity index (χ2v) is 5.87. The van der Waals surface area contributed by atoms with Gasteiger partial charge in [-0.25, -0.2) is 0 Å². The van der Waals surface area contributed by atoms with E-state index in [1.807, 2.05) is 77.9 Å². The summed E-state index contributed by atoms with van der Waals surface area (Å²) in [5.74, 6) is 0. The summed E-state index contributed by atoms with van der Waals surface area (Å²) in [6.45, 7) is 0.721. The van der Waals surface area contributed by atoms with Crippen molar-refractivity contribution in [1.82, 2.24) is 14.3 Å². The largest absolute Gasteiger partial charge is 0.284 e. The molecule has 0 aliphatic carbocycles. The van der Waals surface area contributed by atoms with E-state index in [1.54, 1.807) is 10.6 Å². The minimum Gasteiger partial charge on any atom is -0.284 e. The minimum atomic E-state index is -0.0494. The van der Waals surface area contributed by atoms with Gasteiger partial charge in [0.05, 0.1) is 12.7 Å². The van der Waals surface area contributed by atoms with Crippen LogP contribution in [0.1, 0.15) is 5.56 Å². The Kier molecular flexibility index (Phi) is 4.01. The number of para-hydroxylation sites is 1. The first kappa shape index (κ1) is 15.1. The summed E-state index contributed by atoms with van der Waals surface area (Å²) in [5, 5.41) is 4.44. The van der Waals surface area contributed by atoms with Gasteiger partial charge < -0.3 is 0 Å². The molecular formula is C21H17N3O. The van der Waals surface area contributed by atoms with E-state index in [2.05, 4.69) is 17.2 Å². The minimum absolute atomic E-state index is 0.0494. The van der Waals surface area contributed by atoms with Crippen LogP contribution in [-0.4, -0.2) is 14.3 Å². The third kappa shape index (κ3) is 3.28. The van der Waals surface area contributed by atoms with Crippen molar-refractivity contribution in [2.24, 2.45) is 0 Å². The van der Waals surface area contributed by atoms with Crippen molar-refractivity contribution in [3.05, 3.63) is 107 Å². The molecule has 2 aromatic carbocycles. The molecule has 4 heteroatoms. The summed E-state index contributed by atoms with van der Waals surface area (Å²) in [4.78, 5) is 12.2. The Balaban J connectivity index is 1.66. The second-order valence-electron chi connectivity index (χ2n) is 5.87. The fraction of sp³-hybridized carbons (Fsp3) is 0.0476. The van der Waals surface area contributed by atoms with Gasteiger partial charge in [0.1, 0.15) is 0 Å². The highest BCUT2D eigenvalue weighted by Crippen LogP contribution is 2.18. The molecule has 2 aromatic heterocycles. The van der Waals surface area contributed by atoms with Gasteiger partial charge in [0.2, 0.25) is 0 Å². The SMILES string of the molecule is O=c1ccc(-c2cnn(Cc3ccccc3)c2)cn1-c1ccccc1. The van der Waals surface area contributed by atoms with Crippen LogP contribution in [0, 0.1) is 0 Å². The summed E-state index contributed by atoms with van der Waals surface area (Å²) in [6, 6.07) is 23.3. The van der Waals surface area contributed by atoms with Gasteiger partial charge in [-0.15, -0.1) is 0 Å². The average molecular weight is 327 g/mol. The number of aromatic nitrogens is 3. The molecule has 25 heavy (non-hydrogen) atoms. The van der Waals surface area contributed by atoms with Crippen molar-refractivity contribution >= 4 is 0 Å². The van der Waals surface area contributed by atoms with Crippen LogP contribution >= 0.6 is 0 Å². The number of rotatable bonds is 4. The lowest BCUT2D eigenvalue weighted by Gasteiger charge is -2.07. The molecule has 0 fully saturated rings. The van der Waals surface area contributed by atoms with Gasteiger partial charge in [-0.3, -0.25) is 14.0 Å². The molecule has 0 aliphatic rings. The van der Waals surface area contributed by atoms with Crippen molar-refractivity contribution in [2.75, 3.05) is 0 Å². The summed E-state index contributed by atoms with van der Waals surface area (Å²) >= 11 is 0. The lowest BCUT2D eigenvalue weighted by atomic mass is 10.1. The molecule has 4 rings (SSSR count). The van der Waals surface area contributed by atoms with Crippen LogP contribution in [0.15, 0.2) is 96.2 Å². The van der Waals surface area contributed by atoms with Crippen LogP contribution in [0.2, 0.25) is 0 Å². The third-order valence-electron chi connectivity index (χ3n) is 4.10. The molecule has 0 radical (unpaired) electrons. The van der Waals surface area contributed by atoms with Crippen LogP contribution in [-0.2, 0) is 6.54 Å². The lowest BCUT2D eigenvalue weighted by Crippen LogP contribution is -2.16. The molecule has 0 saturated carbocycles. The number of benzene rings is 2. The second kappa shape index (κ2) is 6.61. The van der Waals surface area contributed by atoms with Gasteiger partial charge in [0.15, 0.2) is 0 Å². The first-order chi connectivity index (χ1) is 12.3. The van der Waals surface area contributed by atoms with Crippen molar-refractivity contribution in [3.63, 3.8) is 0 Å². The number of pyridine rings is 1. The highest BCUT2D eigenvalue weighted by molar-refractivity contribution is 5.61. The summed E-state index contributed by atoms with van der Waals surface area (Å²) in [7, 11) is 0. The maximum Gasteiger partial charge on any atom is 0.255 e. The van der Waals surface area contributed by atoms with Crippen molar-refractivity contribution < 1.29 is 0 Å². The Morgan fingerprint density at radius 2 is 1.48 bits per heavy atom. The Morgan fingerprint density at radius 1 is 0.760 bits per heavy atom. The lowest BCUT2D eigenvalue weighted by molar-refractivity contribution is 0.687. The van der Waals surface area contributed by atoms with Crippen LogP contribution in [0.4, 0.5) is 0 Å². The predicted molar refractivity (Wildman–Crippen MR) is 98.8 cm³/mol.